The van der Waals surface area contributed by atoms with E-state index in [-0.39, 0.29) is 12.1 Å². The number of nitrogens with one attached hydrogen (secondary N) is 2. The zero-order valence-corrected chi connectivity index (χ0v) is 14.0. The van der Waals surface area contributed by atoms with Crippen LogP contribution < -0.4 is 4.30 Å². The van der Waals surface area contributed by atoms with Gasteiger partial charge in [0, 0.05) is 23.6 Å². The summed E-state index contributed by atoms with van der Waals surface area (Å²) in [7, 11) is 0. The molecule has 0 bridgehead atoms. The van der Waals surface area contributed by atoms with Crippen molar-refractivity contribution in [3.8, 4) is 0 Å². The quantitative estimate of drug-likeness (QED) is 0.635. The van der Waals surface area contributed by atoms with Crippen LogP contribution in [-0.4, -0.2) is 43.7 Å². The molecule has 1 aliphatic carbocycles. The van der Waals surface area contributed by atoms with Gasteiger partial charge in [0.2, 0.25) is 0 Å². The standard InChI is InChI=1S/C14H20N4O.Al.2H/c1-2-10-7-12-11(8-18(10)14(15)19)13(17-16-12)9-5-3-4-6-9;;;/h2,9-10H,1,3-8H2,(H3,15,16,17,19);;;/q;+1;;/p-1. The molecule has 0 aromatic carbocycles. The van der Waals surface area contributed by atoms with Crippen molar-refractivity contribution in [1.29, 1.82) is 0 Å². The third-order valence-electron chi connectivity index (χ3n) is 4.62. The van der Waals surface area contributed by atoms with Gasteiger partial charge in [0.25, 0.3) is 6.03 Å². The Hall–Kier alpha value is -1.25. The highest BCUT2D eigenvalue weighted by atomic mass is 27.1. The smallest absolute Gasteiger partial charge is 0.366 e. The zero-order valence-electron chi connectivity index (χ0n) is 12.0. The summed E-state index contributed by atoms with van der Waals surface area (Å²) in [5, 5.41) is 7.76. The minimum absolute atomic E-state index is 0.0192. The van der Waals surface area contributed by atoms with E-state index in [2.05, 4.69) is 21.1 Å². The van der Waals surface area contributed by atoms with Crippen LogP contribution in [0, 0.1) is 0 Å². The Balaban J connectivity index is 1.90. The number of amides is 2. The van der Waals surface area contributed by atoms with E-state index in [4.69, 9.17) is 0 Å². The molecule has 20 heavy (non-hydrogen) atoms. The molecule has 1 fully saturated rings. The van der Waals surface area contributed by atoms with E-state index in [1.807, 2.05) is 11.0 Å². The molecule has 2 aliphatic rings. The molecule has 2 heterocycles. The van der Waals surface area contributed by atoms with Gasteiger partial charge in [-0.1, -0.05) is 18.9 Å². The fourth-order valence-corrected chi connectivity index (χ4v) is 3.77. The van der Waals surface area contributed by atoms with E-state index < -0.39 is 0 Å². The number of urea groups is 1. The largest absolute Gasteiger partial charge is 0.435 e. The first-order valence-electron chi connectivity index (χ1n) is 7.41. The van der Waals surface area contributed by atoms with Crippen molar-refractivity contribution in [3.63, 3.8) is 0 Å². The molecule has 0 spiro atoms. The summed E-state index contributed by atoms with van der Waals surface area (Å²) >= 11 is 0.671. The predicted molar refractivity (Wildman–Crippen MR) is 80.1 cm³/mol. The van der Waals surface area contributed by atoms with Gasteiger partial charge < -0.3 is 9.20 Å². The van der Waals surface area contributed by atoms with Crippen LogP contribution in [0.1, 0.15) is 48.6 Å². The average molecular weight is 288 g/mol. The van der Waals surface area contributed by atoms with Crippen molar-refractivity contribution >= 4 is 22.5 Å². The highest BCUT2D eigenvalue weighted by molar-refractivity contribution is 6.13. The highest BCUT2D eigenvalue weighted by Crippen LogP contribution is 2.37. The van der Waals surface area contributed by atoms with E-state index in [1.165, 1.54) is 42.6 Å². The molecule has 6 heteroatoms. The number of carbonyl (C=O) groups is 1. The number of carbonyl (C=O) groups excluding carboxylic acids is 1. The Kier molecular flexibility index (Phi) is 3.86. The van der Waals surface area contributed by atoms with Gasteiger partial charge in [-0.05, 0) is 12.8 Å². The number of hydrogen-bond donors (Lipinski definition) is 2. The van der Waals surface area contributed by atoms with Crippen LogP contribution in [0.3, 0.4) is 0 Å². The minimum atomic E-state index is 0.0192. The molecule has 106 valence electrons. The first kappa shape index (κ1) is 13.7. The van der Waals surface area contributed by atoms with Gasteiger partial charge in [0.1, 0.15) is 0 Å². The lowest BCUT2D eigenvalue weighted by molar-refractivity contribution is 0.182. The monoisotopic (exact) mass is 288 g/mol. The summed E-state index contributed by atoms with van der Waals surface area (Å²) in [5.41, 5.74) is 3.64. The molecule has 1 atom stereocenters. The Morgan fingerprint density at radius 3 is 2.90 bits per heavy atom. The van der Waals surface area contributed by atoms with Crippen LogP contribution in [-0.2, 0) is 13.0 Å². The lowest BCUT2D eigenvalue weighted by Crippen LogP contribution is -2.47. The highest BCUT2D eigenvalue weighted by Gasteiger charge is 2.33. The molecule has 2 N–H and O–H groups in total. The summed E-state index contributed by atoms with van der Waals surface area (Å²) in [6, 6.07) is 0.0825. The molecule has 1 unspecified atom stereocenters. The summed E-state index contributed by atoms with van der Waals surface area (Å²) in [5.74, 6) is 0.580. The van der Waals surface area contributed by atoms with Crippen molar-refractivity contribution in [3.05, 3.63) is 29.6 Å². The summed E-state index contributed by atoms with van der Waals surface area (Å²) in [6.45, 7) is 4.52. The summed E-state index contributed by atoms with van der Waals surface area (Å²) < 4.78 is 2.86. The molecule has 1 aromatic heterocycles. The Bertz CT molecular complexity index is 521. The van der Waals surface area contributed by atoms with Crippen LogP contribution >= 0.6 is 0 Å². The zero-order chi connectivity index (χ0) is 14.1. The van der Waals surface area contributed by atoms with Gasteiger partial charge in [0.15, 0.2) is 0 Å². The molecule has 5 nitrogen and oxygen atoms in total. The number of aromatic amines is 1. The van der Waals surface area contributed by atoms with Gasteiger partial charge in [-0.2, -0.15) is 5.10 Å². The Morgan fingerprint density at radius 2 is 2.25 bits per heavy atom. The maximum absolute atomic E-state index is 12.1. The molecular weight excluding hydrogens is 267 g/mol. The van der Waals surface area contributed by atoms with Crippen molar-refractivity contribution in [1.82, 2.24) is 19.4 Å². The van der Waals surface area contributed by atoms with Crippen LogP contribution in [0.2, 0.25) is 0 Å². The SMILES string of the molecule is C=CC1Cc2[nH]nc(C3CCCC3)c2CN1C(=O)[NH][AlH2]. The molecule has 2 amide bonds. The van der Waals surface area contributed by atoms with E-state index in [9.17, 15) is 4.79 Å². The lowest BCUT2D eigenvalue weighted by Gasteiger charge is -2.34. The molecule has 0 radical (unpaired) electrons. The van der Waals surface area contributed by atoms with Gasteiger partial charge >= 0.3 is 16.5 Å². The van der Waals surface area contributed by atoms with Gasteiger partial charge in [-0.15, -0.1) is 6.58 Å². The minimum Gasteiger partial charge on any atom is -0.435 e. The number of aromatic nitrogens is 2. The van der Waals surface area contributed by atoms with E-state index >= 15 is 0 Å². The maximum atomic E-state index is 12.1. The average Bonchev–Trinajstić information content (AvgIpc) is 3.13. The Morgan fingerprint density at radius 1 is 1.50 bits per heavy atom. The fourth-order valence-electron chi connectivity index (χ4n) is 3.48. The van der Waals surface area contributed by atoms with Crippen LogP contribution in [0.4, 0.5) is 4.79 Å². The molecule has 3 rings (SSSR count). The van der Waals surface area contributed by atoms with Crippen LogP contribution in [0.15, 0.2) is 12.7 Å². The number of nitrogens with zero attached hydrogens (tertiary/aromatic N) is 2. The first-order chi connectivity index (χ1) is 9.74. The van der Waals surface area contributed by atoms with Crippen LogP contribution in [0.5, 0.6) is 0 Å². The van der Waals surface area contributed by atoms with E-state index in [0.717, 1.165) is 6.42 Å². The van der Waals surface area contributed by atoms with Crippen molar-refractivity contribution in [2.45, 2.75) is 50.6 Å². The topological polar surface area (TPSA) is 61.0 Å². The molecule has 1 aliphatic heterocycles. The second-order valence-corrected chi connectivity index (χ2v) is 6.24. The maximum Gasteiger partial charge on any atom is 0.366 e. The number of hydrogen-bond acceptors (Lipinski definition) is 2. The second-order valence-electron chi connectivity index (χ2n) is 5.74. The summed E-state index contributed by atoms with van der Waals surface area (Å²) in [4.78, 5) is 14.0. The number of rotatable bonds is 2. The van der Waals surface area contributed by atoms with Gasteiger partial charge in [0.05, 0.1) is 18.3 Å². The van der Waals surface area contributed by atoms with E-state index in [0.29, 0.717) is 29.0 Å². The molecular formula is C14H21AlN4O. The predicted octanol–water partition coefficient (Wildman–Crippen LogP) is 1.24. The third kappa shape index (κ3) is 2.27. The number of fused-ring (bicyclic) bond motifs is 1. The molecule has 1 saturated carbocycles. The first-order valence-corrected chi connectivity index (χ1v) is 8.41. The van der Waals surface area contributed by atoms with Gasteiger partial charge in [-0.25, -0.2) is 0 Å². The van der Waals surface area contributed by atoms with Gasteiger partial charge in [-0.3, -0.25) is 9.89 Å². The van der Waals surface area contributed by atoms with Crippen LogP contribution in [0.25, 0.3) is 0 Å². The second kappa shape index (κ2) is 5.63. The Labute approximate surface area is 127 Å². The number of H-pyrrole nitrogens is 1. The van der Waals surface area contributed by atoms with Crippen molar-refractivity contribution < 1.29 is 4.79 Å². The third-order valence-corrected chi connectivity index (χ3v) is 5.04. The van der Waals surface area contributed by atoms with E-state index in [1.54, 1.807) is 0 Å². The van der Waals surface area contributed by atoms with Crippen molar-refractivity contribution in [2.24, 2.45) is 0 Å². The fraction of sp³-hybridized carbons (Fsp3) is 0.571. The summed E-state index contributed by atoms with van der Waals surface area (Å²) in [6.07, 6.45) is 7.71. The lowest BCUT2D eigenvalue weighted by atomic mass is 9.93. The normalized spacial score (nSPS) is 22.6. The molecule has 0 saturated heterocycles. The van der Waals surface area contributed by atoms with Crippen molar-refractivity contribution in [2.75, 3.05) is 0 Å². The molecule has 1 aromatic rings.